The third-order valence-electron chi connectivity index (χ3n) is 1.63. The average molecular weight is 271 g/mol. The Kier molecular flexibility index (Phi) is 3.62. The number of aromatic nitrogens is 1. The van der Waals surface area contributed by atoms with Crippen LogP contribution in [-0.2, 0) is 5.88 Å². The van der Waals surface area contributed by atoms with Crippen molar-refractivity contribution in [3.8, 4) is 0 Å². The van der Waals surface area contributed by atoms with Crippen LogP contribution in [0, 0.1) is 6.92 Å². The van der Waals surface area contributed by atoms with Gasteiger partial charge in [0.25, 0.3) is 6.43 Å². The third kappa shape index (κ3) is 2.38. The summed E-state index contributed by atoms with van der Waals surface area (Å²) in [6.45, 7) is 1.78. The Bertz CT molecular complexity index is 317. The fourth-order valence-corrected chi connectivity index (χ4v) is 1.80. The summed E-state index contributed by atoms with van der Waals surface area (Å²) in [4.78, 5) is 3.76. The largest absolute Gasteiger partial charge is 0.281 e. The molecule has 0 N–H and O–H groups in total. The highest BCUT2D eigenvalue weighted by molar-refractivity contribution is 9.10. The number of pyridine rings is 1. The second-order valence-electron chi connectivity index (χ2n) is 2.55. The van der Waals surface area contributed by atoms with Crippen molar-refractivity contribution in [3.63, 3.8) is 0 Å². The molecule has 1 rings (SSSR count). The van der Waals surface area contributed by atoms with Gasteiger partial charge in [0.05, 0.1) is 11.6 Å². The van der Waals surface area contributed by atoms with Crippen LogP contribution in [0.3, 0.4) is 0 Å². The van der Waals surface area contributed by atoms with Crippen LogP contribution in [0.1, 0.15) is 23.4 Å². The Labute approximate surface area is 88.2 Å². The topological polar surface area (TPSA) is 12.9 Å². The van der Waals surface area contributed by atoms with Crippen molar-refractivity contribution in [1.29, 1.82) is 0 Å². The summed E-state index contributed by atoms with van der Waals surface area (Å²) in [5.41, 5.74) is 1.06. The minimum absolute atomic E-state index is 0.152. The Morgan fingerprint density at radius 1 is 1.62 bits per heavy atom. The van der Waals surface area contributed by atoms with Gasteiger partial charge in [-0.25, -0.2) is 13.8 Å². The highest BCUT2D eigenvalue weighted by Crippen LogP contribution is 2.27. The fraction of sp³-hybridized carbons (Fsp3) is 0.375. The van der Waals surface area contributed by atoms with E-state index in [-0.39, 0.29) is 11.6 Å². The molecule has 0 aliphatic rings. The third-order valence-corrected chi connectivity index (χ3v) is 2.52. The van der Waals surface area contributed by atoms with Crippen molar-refractivity contribution in [3.05, 3.63) is 27.5 Å². The van der Waals surface area contributed by atoms with Crippen LogP contribution in [0.4, 0.5) is 8.78 Å². The number of nitrogens with zero attached hydrogens (tertiary/aromatic N) is 1. The predicted octanol–water partition coefficient (Wildman–Crippen LogP) is 3.83. The highest BCUT2D eigenvalue weighted by atomic mass is 79.9. The molecule has 1 aromatic heterocycles. The Morgan fingerprint density at radius 2 is 2.23 bits per heavy atom. The van der Waals surface area contributed by atoms with E-state index in [1.807, 2.05) is 0 Å². The van der Waals surface area contributed by atoms with Gasteiger partial charge in [0, 0.05) is 4.47 Å². The molecular formula is C8H7BrClF2N. The van der Waals surface area contributed by atoms with Gasteiger partial charge in [-0.2, -0.15) is 0 Å². The number of hydrogen-bond donors (Lipinski definition) is 0. The number of alkyl halides is 3. The number of hydrogen-bond acceptors (Lipinski definition) is 1. The second kappa shape index (κ2) is 4.33. The van der Waals surface area contributed by atoms with E-state index in [0.29, 0.717) is 10.2 Å². The zero-order chi connectivity index (χ0) is 10.0. The summed E-state index contributed by atoms with van der Waals surface area (Å²) in [7, 11) is 0. The molecule has 5 heteroatoms. The lowest BCUT2D eigenvalue weighted by Gasteiger charge is -2.07. The lowest BCUT2D eigenvalue weighted by molar-refractivity contribution is 0.145. The maximum Gasteiger partial charge on any atom is 0.281 e. The van der Waals surface area contributed by atoms with E-state index in [1.165, 1.54) is 0 Å². The van der Waals surface area contributed by atoms with E-state index in [0.717, 1.165) is 5.56 Å². The van der Waals surface area contributed by atoms with Gasteiger partial charge in [0.1, 0.15) is 5.69 Å². The zero-order valence-electron chi connectivity index (χ0n) is 6.82. The van der Waals surface area contributed by atoms with Crippen molar-refractivity contribution in [2.45, 2.75) is 19.2 Å². The summed E-state index contributed by atoms with van der Waals surface area (Å²) in [6, 6.07) is 1.60. The van der Waals surface area contributed by atoms with Crippen LogP contribution >= 0.6 is 27.5 Å². The van der Waals surface area contributed by atoms with Crippen molar-refractivity contribution < 1.29 is 8.78 Å². The van der Waals surface area contributed by atoms with E-state index < -0.39 is 6.43 Å². The number of rotatable bonds is 2. The van der Waals surface area contributed by atoms with Crippen LogP contribution in [0.5, 0.6) is 0 Å². The lowest BCUT2D eigenvalue weighted by Crippen LogP contribution is -1.98. The van der Waals surface area contributed by atoms with E-state index in [2.05, 4.69) is 20.9 Å². The van der Waals surface area contributed by atoms with E-state index >= 15 is 0 Å². The lowest BCUT2D eigenvalue weighted by atomic mass is 10.2. The Balaban J connectivity index is 3.22. The van der Waals surface area contributed by atoms with Gasteiger partial charge in [-0.3, -0.25) is 0 Å². The highest BCUT2D eigenvalue weighted by Gasteiger charge is 2.15. The van der Waals surface area contributed by atoms with Gasteiger partial charge < -0.3 is 0 Å². The molecule has 0 unspecified atom stereocenters. The van der Waals surface area contributed by atoms with Crippen LogP contribution in [0.2, 0.25) is 0 Å². The van der Waals surface area contributed by atoms with Gasteiger partial charge in [0.15, 0.2) is 0 Å². The van der Waals surface area contributed by atoms with Crippen LogP contribution in [0.25, 0.3) is 0 Å². The monoisotopic (exact) mass is 269 g/mol. The predicted molar refractivity (Wildman–Crippen MR) is 51.2 cm³/mol. The van der Waals surface area contributed by atoms with Crippen molar-refractivity contribution in [2.24, 2.45) is 0 Å². The molecule has 0 spiro atoms. The Hall–Kier alpha value is -0.220. The standard InChI is InChI=1S/C8H7BrClF2N/c1-4-2-5(9)7(8(11)12)13-6(4)3-10/h2,8H,3H2,1H3. The smallest absolute Gasteiger partial charge is 0.249 e. The van der Waals surface area contributed by atoms with Gasteiger partial charge in [-0.05, 0) is 34.5 Å². The summed E-state index contributed by atoms with van der Waals surface area (Å²) < 4.78 is 25.0. The van der Waals surface area contributed by atoms with Crippen molar-refractivity contribution in [2.75, 3.05) is 0 Å². The second-order valence-corrected chi connectivity index (χ2v) is 3.67. The minimum Gasteiger partial charge on any atom is -0.249 e. The average Bonchev–Trinajstić information content (AvgIpc) is 2.03. The molecule has 0 saturated carbocycles. The Morgan fingerprint density at radius 3 is 2.69 bits per heavy atom. The van der Waals surface area contributed by atoms with Gasteiger partial charge in [-0.15, -0.1) is 11.6 Å². The molecular weight excluding hydrogens is 263 g/mol. The van der Waals surface area contributed by atoms with Gasteiger partial charge in [-0.1, -0.05) is 0 Å². The van der Waals surface area contributed by atoms with Gasteiger partial charge >= 0.3 is 0 Å². The molecule has 13 heavy (non-hydrogen) atoms. The van der Waals surface area contributed by atoms with Crippen molar-refractivity contribution >= 4 is 27.5 Å². The summed E-state index contributed by atoms with van der Waals surface area (Å²) in [5, 5.41) is 0. The molecule has 0 fully saturated rings. The molecule has 0 saturated heterocycles. The molecule has 0 amide bonds. The maximum atomic E-state index is 12.3. The first-order chi connectivity index (χ1) is 6.06. The molecule has 1 aromatic rings. The first-order valence-corrected chi connectivity index (χ1v) is 4.89. The zero-order valence-corrected chi connectivity index (χ0v) is 9.16. The summed E-state index contributed by atoms with van der Waals surface area (Å²) in [6.07, 6.45) is -2.57. The first kappa shape index (κ1) is 10.9. The summed E-state index contributed by atoms with van der Waals surface area (Å²) in [5.74, 6) is 0.152. The van der Waals surface area contributed by atoms with Crippen LogP contribution in [-0.4, -0.2) is 4.98 Å². The molecule has 0 aliphatic carbocycles. The minimum atomic E-state index is -2.57. The molecule has 1 heterocycles. The van der Waals surface area contributed by atoms with Crippen molar-refractivity contribution in [1.82, 2.24) is 4.98 Å². The molecule has 0 radical (unpaired) electrons. The maximum absolute atomic E-state index is 12.3. The normalized spacial score (nSPS) is 10.9. The van der Waals surface area contributed by atoms with Gasteiger partial charge in [0.2, 0.25) is 0 Å². The molecule has 1 nitrogen and oxygen atoms in total. The van der Waals surface area contributed by atoms with E-state index in [4.69, 9.17) is 11.6 Å². The molecule has 0 atom stereocenters. The van der Waals surface area contributed by atoms with E-state index in [9.17, 15) is 8.78 Å². The number of halogens is 4. The van der Waals surface area contributed by atoms with Crippen LogP contribution in [0.15, 0.2) is 10.5 Å². The number of aryl methyl sites for hydroxylation is 1. The molecule has 72 valence electrons. The van der Waals surface area contributed by atoms with Crippen LogP contribution < -0.4 is 0 Å². The molecule has 0 aromatic carbocycles. The summed E-state index contributed by atoms with van der Waals surface area (Å²) >= 11 is 8.56. The quantitative estimate of drug-likeness (QED) is 0.744. The first-order valence-electron chi connectivity index (χ1n) is 3.56. The molecule has 0 aliphatic heterocycles. The molecule has 0 bridgehead atoms. The van der Waals surface area contributed by atoms with E-state index in [1.54, 1.807) is 13.0 Å². The SMILES string of the molecule is Cc1cc(Br)c(C(F)F)nc1CCl. The fourth-order valence-electron chi connectivity index (χ4n) is 0.923.